The van der Waals surface area contributed by atoms with Crippen LogP contribution in [0.15, 0.2) is 52.2 Å². The summed E-state index contributed by atoms with van der Waals surface area (Å²) in [5.41, 5.74) is 1.38. The van der Waals surface area contributed by atoms with Crippen molar-refractivity contribution in [3.63, 3.8) is 0 Å². The minimum absolute atomic E-state index is 0.432. The normalized spacial score (nSPS) is 18.4. The molecule has 2 aromatic rings. The van der Waals surface area contributed by atoms with E-state index in [0.717, 1.165) is 16.2 Å². The number of benzene rings is 1. The first-order valence-electron chi connectivity index (χ1n) is 6.74. The van der Waals surface area contributed by atoms with Crippen LogP contribution in [0.25, 0.3) is 0 Å². The van der Waals surface area contributed by atoms with Gasteiger partial charge in [0.2, 0.25) is 10.0 Å². The number of nitrogens with zero attached hydrogens (tertiary/aromatic N) is 2. The zero-order valence-corrected chi connectivity index (χ0v) is 13.1. The second-order valence-electron chi connectivity index (χ2n) is 5.02. The molecule has 22 heavy (non-hydrogen) atoms. The van der Waals surface area contributed by atoms with Crippen molar-refractivity contribution in [1.29, 1.82) is 0 Å². The van der Waals surface area contributed by atoms with E-state index in [0.29, 0.717) is 23.6 Å². The average Bonchev–Trinajstić information content (AvgIpc) is 3.15. The Morgan fingerprint density at radius 2 is 2.05 bits per heavy atom. The summed E-state index contributed by atoms with van der Waals surface area (Å²) in [7, 11) is -1.94. The molecule has 1 aromatic heterocycles. The quantitative estimate of drug-likeness (QED) is 0.867. The molecule has 1 atom stereocenters. The Labute approximate surface area is 129 Å². The molecule has 0 saturated heterocycles. The van der Waals surface area contributed by atoms with Crippen LogP contribution in [0.4, 0.5) is 0 Å². The number of sulfonamides is 1. The Kier molecular flexibility index (Phi) is 3.66. The van der Waals surface area contributed by atoms with Gasteiger partial charge in [0.15, 0.2) is 0 Å². The molecule has 7 heteroatoms. The standard InChI is InChI=1S/C15H16N2O4S/c1-20-14-7-4-3-6-11(14)13-10-12(15-8-5-9-21-15)16-17(13)22(2,18)19/h3-9,13H,10H2,1-2H3/t13-/m0/s1. The summed E-state index contributed by atoms with van der Waals surface area (Å²) in [6, 6.07) is 10.4. The number of hydrogen-bond donors (Lipinski definition) is 0. The van der Waals surface area contributed by atoms with Gasteiger partial charge >= 0.3 is 0 Å². The number of hydrazone groups is 1. The van der Waals surface area contributed by atoms with Crippen molar-refractivity contribution in [2.24, 2.45) is 5.10 Å². The van der Waals surface area contributed by atoms with Gasteiger partial charge in [0.05, 0.1) is 25.7 Å². The second kappa shape index (κ2) is 5.49. The maximum atomic E-state index is 12.1. The highest BCUT2D eigenvalue weighted by molar-refractivity contribution is 7.88. The van der Waals surface area contributed by atoms with E-state index in [9.17, 15) is 8.42 Å². The van der Waals surface area contributed by atoms with Crippen LogP contribution in [0, 0.1) is 0 Å². The third-order valence-corrected chi connectivity index (χ3v) is 4.53. The van der Waals surface area contributed by atoms with E-state index in [1.165, 1.54) is 0 Å². The molecule has 0 unspecified atom stereocenters. The van der Waals surface area contributed by atoms with Crippen LogP contribution in [0.3, 0.4) is 0 Å². The molecular weight excluding hydrogens is 304 g/mol. The number of ether oxygens (including phenoxy) is 1. The number of para-hydroxylation sites is 1. The molecule has 6 nitrogen and oxygen atoms in total. The lowest BCUT2D eigenvalue weighted by Crippen LogP contribution is -2.26. The van der Waals surface area contributed by atoms with Crippen molar-refractivity contribution in [3.8, 4) is 5.75 Å². The van der Waals surface area contributed by atoms with E-state index < -0.39 is 16.1 Å². The molecule has 1 aliphatic heterocycles. The molecule has 2 heterocycles. The topological polar surface area (TPSA) is 72.1 Å². The molecule has 0 fully saturated rings. The molecule has 0 amide bonds. The van der Waals surface area contributed by atoms with E-state index >= 15 is 0 Å². The van der Waals surface area contributed by atoms with Gasteiger partial charge in [-0.3, -0.25) is 0 Å². The van der Waals surface area contributed by atoms with E-state index in [1.54, 1.807) is 31.6 Å². The second-order valence-corrected chi connectivity index (χ2v) is 6.86. The lowest BCUT2D eigenvalue weighted by Gasteiger charge is -2.22. The highest BCUT2D eigenvalue weighted by Crippen LogP contribution is 2.38. The van der Waals surface area contributed by atoms with Crippen molar-refractivity contribution in [2.45, 2.75) is 12.5 Å². The van der Waals surface area contributed by atoms with Gasteiger partial charge in [-0.2, -0.15) is 9.52 Å². The molecule has 0 saturated carbocycles. The first-order chi connectivity index (χ1) is 10.5. The molecule has 0 bridgehead atoms. The minimum atomic E-state index is -3.50. The summed E-state index contributed by atoms with van der Waals surface area (Å²) in [5, 5.41) is 4.25. The van der Waals surface area contributed by atoms with Crippen LogP contribution in [0.2, 0.25) is 0 Å². The van der Waals surface area contributed by atoms with Gasteiger partial charge in [-0.05, 0) is 18.2 Å². The average molecular weight is 320 g/mol. The van der Waals surface area contributed by atoms with Gasteiger partial charge in [-0.1, -0.05) is 18.2 Å². The van der Waals surface area contributed by atoms with Crippen molar-refractivity contribution in [3.05, 3.63) is 54.0 Å². The maximum Gasteiger partial charge on any atom is 0.247 e. The van der Waals surface area contributed by atoms with Crippen LogP contribution in [0.1, 0.15) is 23.8 Å². The molecule has 0 N–H and O–H groups in total. The van der Waals surface area contributed by atoms with Gasteiger partial charge < -0.3 is 9.15 Å². The monoisotopic (exact) mass is 320 g/mol. The van der Waals surface area contributed by atoms with Crippen molar-refractivity contribution in [2.75, 3.05) is 13.4 Å². The molecule has 1 aromatic carbocycles. The Morgan fingerprint density at radius 3 is 2.68 bits per heavy atom. The van der Waals surface area contributed by atoms with E-state index in [4.69, 9.17) is 9.15 Å². The van der Waals surface area contributed by atoms with Gasteiger partial charge in [0.1, 0.15) is 17.2 Å². The minimum Gasteiger partial charge on any atom is -0.496 e. The summed E-state index contributed by atoms with van der Waals surface area (Å²) in [6.45, 7) is 0. The Morgan fingerprint density at radius 1 is 1.27 bits per heavy atom. The molecular formula is C15H16N2O4S. The van der Waals surface area contributed by atoms with Crippen LogP contribution >= 0.6 is 0 Å². The van der Waals surface area contributed by atoms with Crippen LogP contribution in [0.5, 0.6) is 5.75 Å². The highest BCUT2D eigenvalue weighted by atomic mass is 32.2. The van der Waals surface area contributed by atoms with Gasteiger partial charge in [0.25, 0.3) is 0 Å². The first kappa shape index (κ1) is 14.6. The van der Waals surface area contributed by atoms with Gasteiger partial charge in [-0.15, -0.1) is 0 Å². The van der Waals surface area contributed by atoms with Crippen molar-refractivity contribution in [1.82, 2.24) is 4.41 Å². The van der Waals surface area contributed by atoms with Crippen LogP contribution in [-0.4, -0.2) is 31.9 Å². The summed E-state index contributed by atoms with van der Waals surface area (Å²) >= 11 is 0. The van der Waals surface area contributed by atoms with E-state index in [1.807, 2.05) is 18.2 Å². The third-order valence-electron chi connectivity index (χ3n) is 3.52. The summed E-state index contributed by atoms with van der Waals surface area (Å²) < 4.78 is 36.0. The lowest BCUT2D eigenvalue weighted by molar-refractivity contribution is 0.352. The predicted octanol–water partition coefficient (Wildman–Crippen LogP) is 2.40. The van der Waals surface area contributed by atoms with Crippen molar-refractivity contribution < 1.29 is 17.6 Å². The summed E-state index contributed by atoms with van der Waals surface area (Å²) in [6.07, 6.45) is 3.12. The summed E-state index contributed by atoms with van der Waals surface area (Å²) in [5.74, 6) is 1.21. The Hall–Kier alpha value is -2.28. The van der Waals surface area contributed by atoms with Crippen LogP contribution in [-0.2, 0) is 10.0 Å². The lowest BCUT2D eigenvalue weighted by atomic mass is 10.0. The van der Waals surface area contributed by atoms with Gasteiger partial charge in [0, 0.05) is 12.0 Å². The molecule has 3 rings (SSSR count). The molecule has 0 aliphatic carbocycles. The zero-order valence-electron chi connectivity index (χ0n) is 12.3. The number of hydrogen-bond acceptors (Lipinski definition) is 5. The zero-order chi connectivity index (χ0) is 15.7. The first-order valence-corrected chi connectivity index (χ1v) is 8.59. The fraction of sp³-hybridized carbons (Fsp3) is 0.267. The van der Waals surface area contributed by atoms with Gasteiger partial charge in [-0.25, -0.2) is 8.42 Å². The number of methoxy groups -OCH3 is 1. The maximum absolute atomic E-state index is 12.1. The van der Waals surface area contributed by atoms with E-state index in [-0.39, 0.29) is 0 Å². The fourth-order valence-corrected chi connectivity index (χ4v) is 3.46. The molecule has 116 valence electrons. The molecule has 1 aliphatic rings. The largest absolute Gasteiger partial charge is 0.496 e. The number of furan rings is 1. The van der Waals surface area contributed by atoms with Crippen molar-refractivity contribution >= 4 is 15.7 Å². The smallest absolute Gasteiger partial charge is 0.247 e. The highest BCUT2D eigenvalue weighted by Gasteiger charge is 2.36. The molecule has 0 spiro atoms. The Balaban J connectivity index is 2.05. The predicted molar refractivity (Wildman–Crippen MR) is 82.3 cm³/mol. The molecule has 0 radical (unpaired) electrons. The van der Waals surface area contributed by atoms with Crippen LogP contribution < -0.4 is 4.74 Å². The SMILES string of the molecule is COc1ccccc1[C@@H]1CC(c2ccco2)=NN1S(C)(=O)=O. The van der Waals surface area contributed by atoms with E-state index in [2.05, 4.69) is 5.10 Å². The Bertz CT molecular complexity index is 797. The fourth-order valence-electron chi connectivity index (χ4n) is 2.56. The third kappa shape index (κ3) is 2.59. The number of rotatable bonds is 4. The summed E-state index contributed by atoms with van der Waals surface area (Å²) in [4.78, 5) is 0.